The van der Waals surface area contributed by atoms with Gasteiger partial charge in [0.15, 0.2) is 0 Å². The summed E-state index contributed by atoms with van der Waals surface area (Å²) in [6.07, 6.45) is 6.14. The van der Waals surface area contributed by atoms with Crippen LogP contribution in [0.1, 0.15) is 30.1 Å². The first-order chi connectivity index (χ1) is 9.58. The molecule has 20 heavy (non-hydrogen) atoms. The average molecular weight is 273 g/mol. The van der Waals surface area contributed by atoms with Crippen LogP contribution in [0, 0.1) is 12.3 Å². The fourth-order valence-corrected chi connectivity index (χ4v) is 1.53. The summed E-state index contributed by atoms with van der Waals surface area (Å²) < 4.78 is 0. The molecule has 0 aliphatic carbocycles. The van der Waals surface area contributed by atoms with E-state index in [0.717, 1.165) is 6.42 Å². The summed E-state index contributed by atoms with van der Waals surface area (Å²) in [4.78, 5) is 23.5. The third-order valence-corrected chi connectivity index (χ3v) is 2.60. The van der Waals surface area contributed by atoms with Crippen molar-refractivity contribution in [3.8, 4) is 12.3 Å². The number of benzene rings is 1. The first kappa shape index (κ1) is 15.7. The van der Waals surface area contributed by atoms with Crippen LogP contribution in [0.15, 0.2) is 24.3 Å². The van der Waals surface area contributed by atoms with Gasteiger partial charge >= 0.3 is 0 Å². The monoisotopic (exact) mass is 273 g/mol. The summed E-state index contributed by atoms with van der Waals surface area (Å²) in [6.45, 7) is 2.59. The Morgan fingerprint density at radius 1 is 1.45 bits per heavy atom. The number of carbonyl (C=O) groups excluding carboxylic acids is 2. The molecule has 1 rings (SSSR count). The van der Waals surface area contributed by atoms with Gasteiger partial charge in [-0.3, -0.25) is 9.59 Å². The second-order valence-electron chi connectivity index (χ2n) is 4.34. The molecule has 106 valence electrons. The van der Waals surface area contributed by atoms with Gasteiger partial charge in [-0.05, 0) is 24.6 Å². The maximum Gasteiger partial charge on any atom is 0.251 e. The molecule has 1 aromatic carbocycles. The van der Waals surface area contributed by atoms with E-state index in [1.165, 1.54) is 0 Å². The van der Waals surface area contributed by atoms with E-state index in [2.05, 4.69) is 16.6 Å². The summed E-state index contributed by atoms with van der Waals surface area (Å²) >= 11 is 0. The molecule has 1 atom stereocenters. The molecule has 4 N–H and O–H groups in total. The Kier molecular flexibility index (Phi) is 6.27. The van der Waals surface area contributed by atoms with Gasteiger partial charge < -0.3 is 16.4 Å². The van der Waals surface area contributed by atoms with Crippen molar-refractivity contribution >= 4 is 17.5 Å². The SMILES string of the molecule is C#CCC(N)C(=O)Nc1cccc(C(=O)NCCC)c1. The van der Waals surface area contributed by atoms with Gasteiger partial charge in [-0.1, -0.05) is 13.0 Å². The highest BCUT2D eigenvalue weighted by molar-refractivity contribution is 5.98. The van der Waals surface area contributed by atoms with Gasteiger partial charge in [0, 0.05) is 24.2 Å². The zero-order valence-corrected chi connectivity index (χ0v) is 11.5. The van der Waals surface area contributed by atoms with Crippen LogP contribution in [0.3, 0.4) is 0 Å². The Labute approximate surface area is 118 Å². The van der Waals surface area contributed by atoms with E-state index in [1.807, 2.05) is 6.92 Å². The van der Waals surface area contributed by atoms with E-state index >= 15 is 0 Å². The van der Waals surface area contributed by atoms with Crippen molar-refractivity contribution < 1.29 is 9.59 Å². The molecule has 0 bridgehead atoms. The number of amides is 2. The van der Waals surface area contributed by atoms with Crippen LogP contribution in [0.5, 0.6) is 0 Å². The zero-order valence-electron chi connectivity index (χ0n) is 11.5. The minimum Gasteiger partial charge on any atom is -0.352 e. The highest BCUT2D eigenvalue weighted by Gasteiger charge is 2.13. The van der Waals surface area contributed by atoms with Crippen molar-refractivity contribution in [1.82, 2.24) is 5.32 Å². The summed E-state index contributed by atoms with van der Waals surface area (Å²) in [7, 11) is 0. The van der Waals surface area contributed by atoms with E-state index in [-0.39, 0.29) is 18.2 Å². The molecule has 1 unspecified atom stereocenters. The molecule has 0 aliphatic heterocycles. The molecular formula is C15H19N3O2. The van der Waals surface area contributed by atoms with E-state index in [4.69, 9.17) is 12.2 Å². The number of hydrogen-bond donors (Lipinski definition) is 3. The van der Waals surface area contributed by atoms with E-state index in [0.29, 0.717) is 17.8 Å². The molecule has 0 spiro atoms. The van der Waals surface area contributed by atoms with Crippen LogP contribution in [-0.2, 0) is 4.79 Å². The van der Waals surface area contributed by atoms with E-state index in [1.54, 1.807) is 24.3 Å². The van der Waals surface area contributed by atoms with Gasteiger partial charge in [0.2, 0.25) is 5.91 Å². The van der Waals surface area contributed by atoms with Gasteiger partial charge in [0.1, 0.15) is 0 Å². The predicted molar refractivity (Wildman–Crippen MR) is 79.1 cm³/mol. The number of nitrogens with one attached hydrogen (secondary N) is 2. The highest BCUT2D eigenvalue weighted by atomic mass is 16.2. The minimum atomic E-state index is -0.752. The smallest absolute Gasteiger partial charge is 0.251 e. The third kappa shape index (κ3) is 4.75. The number of anilines is 1. The zero-order chi connectivity index (χ0) is 15.0. The van der Waals surface area contributed by atoms with Crippen molar-refractivity contribution in [3.63, 3.8) is 0 Å². The van der Waals surface area contributed by atoms with Crippen LogP contribution in [0.25, 0.3) is 0 Å². The van der Waals surface area contributed by atoms with Crippen molar-refractivity contribution in [2.24, 2.45) is 5.73 Å². The number of nitrogens with two attached hydrogens (primary N) is 1. The maximum absolute atomic E-state index is 11.8. The minimum absolute atomic E-state index is 0.169. The molecule has 0 saturated heterocycles. The predicted octanol–water partition coefficient (Wildman–Crippen LogP) is 1.12. The molecular weight excluding hydrogens is 254 g/mol. The quantitative estimate of drug-likeness (QED) is 0.679. The van der Waals surface area contributed by atoms with E-state index in [9.17, 15) is 9.59 Å². The topological polar surface area (TPSA) is 84.2 Å². The Hall–Kier alpha value is -2.32. The first-order valence-electron chi connectivity index (χ1n) is 6.46. The molecule has 0 fully saturated rings. The van der Waals surface area contributed by atoms with Crippen LogP contribution in [-0.4, -0.2) is 24.4 Å². The van der Waals surface area contributed by atoms with Crippen molar-refractivity contribution in [3.05, 3.63) is 29.8 Å². The molecule has 2 amide bonds. The fourth-order valence-electron chi connectivity index (χ4n) is 1.53. The van der Waals surface area contributed by atoms with Gasteiger partial charge in [-0.25, -0.2) is 0 Å². The van der Waals surface area contributed by atoms with Crippen LogP contribution >= 0.6 is 0 Å². The first-order valence-corrected chi connectivity index (χ1v) is 6.46. The molecule has 0 aliphatic rings. The molecule has 0 heterocycles. The molecule has 0 aromatic heterocycles. The normalized spacial score (nSPS) is 11.2. The Balaban J connectivity index is 2.71. The molecule has 5 nitrogen and oxygen atoms in total. The van der Waals surface area contributed by atoms with Gasteiger partial charge in [-0.2, -0.15) is 0 Å². The standard InChI is InChI=1S/C15H19N3O2/c1-3-6-13(16)15(20)18-12-8-5-7-11(10-12)14(19)17-9-4-2/h1,5,7-8,10,13H,4,6,9,16H2,2H3,(H,17,19)(H,18,20). The van der Waals surface area contributed by atoms with Crippen molar-refractivity contribution in [2.45, 2.75) is 25.8 Å². The second-order valence-corrected chi connectivity index (χ2v) is 4.34. The third-order valence-electron chi connectivity index (χ3n) is 2.60. The number of terminal acetylenes is 1. The molecule has 0 radical (unpaired) electrons. The maximum atomic E-state index is 11.8. The lowest BCUT2D eigenvalue weighted by molar-refractivity contribution is -0.117. The fraction of sp³-hybridized carbons (Fsp3) is 0.333. The highest BCUT2D eigenvalue weighted by Crippen LogP contribution is 2.11. The largest absolute Gasteiger partial charge is 0.352 e. The molecule has 1 aromatic rings. The lowest BCUT2D eigenvalue weighted by atomic mass is 10.1. The summed E-state index contributed by atoms with van der Waals surface area (Å²) in [6, 6.07) is 5.92. The number of rotatable bonds is 6. The Morgan fingerprint density at radius 3 is 2.85 bits per heavy atom. The lowest BCUT2D eigenvalue weighted by Crippen LogP contribution is -2.35. The summed E-state index contributed by atoms with van der Waals surface area (Å²) in [5.41, 5.74) is 6.61. The van der Waals surface area contributed by atoms with Gasteiger partial charge in [0.25, 0.3) is 5.91 Å². The summed E-state index contributed by atoms with van der Waals surface area (Å²) in [5, 5.41) is 5.41. The van der Waals surface area contributed by atoms with Crippen LogP contribution in [0.2, 0.25) is 0 Å². The number of carbonyl (C=O) groups is 2. The van der Waals surface area contributed by atoms with Crippen molar-refractivity contribution in [2.75, 3.05) is 11.9 Å². The van der Waals surface area contributed by atoms with Crippen LogP contribution in [0.4, 0.5) is 5.69 Å². The van der Waals surface area contributed by atoms with Crippen molar-refractivity contribution in [1.29, 1.82) is 0 Å². The average Bonchev–Trinajstić information content (AvgIpc) is 2.45. The molecule has 5 heteroatoms. The van der Waals surface area contributed by atoms with Crippen LogP contribution < -0.4 is 16.4 Å². The Bertz CT molecular complexity index is 520. The van der Waals surface area contributed by atoms with Gasteiger partial charge in [-0.15, -0.1) is 12.3 Å². The summed E-state index contributed by atoms with van der Waals surface area (Å²) in [5.74, 6) is 1.80. The second kappa shape index (κ2) is 7.97. The lowest BCUT2D eigenvalue weighted by Gasteiger charge is -2.11. The number of hydrogen-bond acceptors (Lipinski definition) is 3. The molecule has 0 saturated carbocycles. The Morgan fingerprint density at radius 2 is 2.20 bits per heavy atom. The van der Waals surface area contributed by atoms with E-state index < -0.39 is 6.04 Å². The van der Waals surface area contributed by atoms with Gasteiger partial charge in [0.05, 0.1) is 6.04 Å².